The molecule has 6 heterocycles. The first-order chi connectivity index (χ1) is 31.3. The average Bonchev–Trinajstić information content (AvgIpc) is 4.14. The molecule has 3 aromatic carbocycles. The topological polar surface area (TPSA) is 165 Å². The second-order valence-corrected chi connectivity index (χ2v) is 19.3. The molecule has 0 saturated carbocycles. The van der Waals surface area contributed by atoms with Crippen molar-refractivity contribution < 1.29 is 38.1 Å². The molecule has 0 aliphatic carbocycles. The lowest BCUT2D eigenvalue weighted by Gasteiger charge is -2.38. The van der Waals surface area contributed by atoms with Crippen molar-refractivity contribution in [1.29, 1.82) is 0 Å². The maximum absolute atomic E-state index is 14.8. The summed E-state index contributed by atoms with van der Waals surface area (Å²) in [4.78, 5) is 71.0. The number of esters is 1. The summed E-state index contributed by atoms with van der Waals surface area (Å²) in [6, 6.07) is 13.9. The number of fused-ring (bicyclic) bond motifs is 6. The number of carbonyl (C=O) groups excluding carboxylic acids is 4. The summed E-state index contributed by atoms with van der Waals surface area (Å²) in [5, 5.41) is 4.93. The molecule has 1 aromatic heterocycles. The van der Waals surface area contributed by atoms with Gasteiger partial charge in [0, 0.05) is 43.0 Å². The van der Waals surface area contributed by atoms with Gasteiger partial charge in [-0.05, 0) is 120 Å². The number of H-pyrrole nitrogens is 1. The SMILES string of the molecule is COC(=O)C[C@H](C(=O)N1[C@@H](C(C)C)CC[C@H]1C1=Nc2ccc3cc4c(cc3c2C1)OCc1cc(-c2cnc([C@@H]3CC[C@H](C)N3C(=O)[C@@H](NC(=O)OC)C(C)C)[nH]2)ccc1-4)C1CCOCC1. The fraction of sp³-hybridized carbons (Fsp3) is 0.529. The van der Waals surface area contributed by atoms with Crippen LogP contribution in [-0.2, 0) is 41.6 Å². The summed E-state index contributed by atoms with van der Waals surface area (Å²) in [6.45, 7) is 11.8. The zero-order valence-electron chi connectivity index (χ0n) is 38.6. The minimum absolute atomic E-state index is 0.0130. The Balaban J connectivity index is 0.945. The minimum atomic E-state index is -0.716. The van der Waals surface area contributed by atoms with Crippen LogP contribution in [0.25, 0.3) is 33.2 Å². The van der Waals surface area contributed by atoms with Crippen molar-refractivity contribution in [2.24, 2.45) is 28.7 Å². The maximum atomic E-state index is 14.8. The van der Waals surface area contributed by atoms with Crippen molar-refractivity contribution >= 4 is 46.0 Å². The molecule has 0 unspecified atom stereocenters. The second-order valence-electron chi connectivity index (χ2n) is 19.3. The molecule has 6 atom stereocenters. The van der Waals surface area contributed by atoms with Crippen molar-refractivity contribution in [2.75, 3.05) is 27.4 Å². The second kappa shape index (κ2) is 18.3. The highest BCUT2D eigenvalue weighted by Gasteiger charge is 2.46. The normalized spacial score (nSPS) is 22.6. The highest BCUT2D eigenvalue weighted by molar-refractivity contribution is 6.06. The standard InChI is InChI=1S/C51H62N6O8/c1-27(2)42-14-15-43(57(42)49(59)36(24-46(58)62-6)30-16-18-64-19-17-30)40-22-37-35-23-45-38(21-31(35)10-12-39(37)53-40)34-11-9-32(20-33(34)26-65-45)41-25-52-48(54-41)44-13-8-29(5)56(44)50(60)47(28(3)4)55-51(61)63-7/h9-12,20-21,23,25,27-30,36,42-44,47H,8,13-19,22,24,26H2,1-7H3,(H,52,54)(H,55,61)/t29-,36-,42+,43-,44-,47-/m0/s1. The number of nitrogens with one attached hydrogen (secondary N) is 2. The average molecular weight is 887 g/mol. The van der Waals surface area contributed by atoms with E-state index in [2.05, 4.69) is 71.5 Å². The van der Waals surface area contributed by atoms with E-state index in [9.17, 15) is 19.2 Å². The Kier molecular flexibility index (Phi) is 12.5. The van der Waals surface area contributed by atoms with Crippen LogP contribution in [0.4, 0.5) is 10.5 Å². The Hall–Kier alpha value is -5.76. The molecular formula is C51H62N6O8. The van der Waals surface area contributed by atoms with E-state index in [0.29, 0.717) is 32.1 Å². The van der Waals surface area contributed by atoms with Crippen LogP contribution in [0.2, 0.25) is 0 Å². The first-order valence-corrected chi connectivity index (χ1v) is 23.5. The zero-order chi connectivity index (χ0) is 45.7. The Bertz CT molecular complexity index is 2520. The van der Waals surface area contributed by atoms with Crippen LogP contribution < -0.4 is 10.1 Å². The molecule has 0 spiro atoms. The van der Waals surface area contributed by atoms with E-state index in [1.54, 1.807) is 0 Å². The van der Waals surface area contributed by atoms with Crippen molar-refractivity contribution in [2.45, 2.75) is 123 Å². The van der Waals surface area contributed by atoms with Gasteiger partial charge < -0.3 is 39.0 Å². The number of alkyl carbamates (subject to hydrolysis) is 1. The van der Waals surface area contributed by atoms with Gasteiger partial charge >= 0.3 is 12.1 Å². The van der Waals surface area contributed by atoms with Crippen molar-refractivity contribution in [3.63, 3.8) is 0 Å². The maximum Gasteiger partial charge on any atom is 0.407 e. The van der Waals surface area contributed by atoms with Crippen LogP contribution in [0.15, 0.2) is 53.7 Å². The summed E-state index contributed by atoms with van der Waals surface area (Å²) in [5.74, 6) is 0.823. The number of methoxy groups -OCH3 is 2. The number of amides is 3. The number of ether oxygens (including phenoxy) is 4. The Morgan fingerprint density at radius 3 is 2.40 bits per heavy atom. The lowest BCUT2D eigenvalue weighted by Crippen LogP contribution is -2.52. The molecular weight excluding hydrogens is 825 g/mol. The number of likely N-dealkylation sites (tertiary alicyclic amines) is 2. The van der Waals surface area contributed by atoms with Gasteiger partial charge in [0.1, 0.15) is 24.2 Å². The summed E-state index contributed by atoms with van der Waals surface area (Å²) in [5.41, 5.74) is 8.10. The van der Waals surface area contributed by atoms with E-state index in [1.165, 1.54) is 14.2 Å². The first kappa shape index (κ1) is 44.4. The van der Waals surface area contributed by atoms with Crippen LogP contribution >= 0.6 is 0 Å². The quantitative estimate of drug-likeness (QED) is 0.141. The van der Waals surface area contributed by atoms with E-state index in [4.69, 9.17) is 28.9 Å². The van der Waals surface area contributed by atoms with Gasteiger partial charge in [-0.3, -0.25) is 19.4 Å². The van der Waals surface area contributed by atoms with Crippen molar-refractivity contribution in [3.8, 4) is 28.1 Å². The molecule has 0 radical (unpaired) electrons. The Labute approximate surface area is 380 Å². The highest BCUT2D eigenvalue weighted by Crippen LogP contribution is 2.46. The van der Waals surface area contributed by atoms with Gasteiger partial charge in [0.15, 0.2) is 0 Å². The van der Waals surface area contributed by atoms with Gasteiger partial charge in [0.25, 0.3) is 0 Å². The van der Waals surface area contributed by atoms with Gasteiger partial charge in [-0.15, -0.1) is 0 Å². The van der Waals surface area contributed by atoms with E-state index < -0.39 is 18.1 Å². The number of nitrogens with zero attached hydrogens (tertiary/aromatic N) is 4. The molecule has 14 nitrogen and oxygen atoms in total. The molecule has 3 saturated heterocycles. The molecule has 2 N–H and O–H groups in total. The van der Waals surface area contributed by atoms with E-state index >= 15 is 0 Å². The predicted octanol–water partition coefficient (Wildman–Crippen LogP) is 8.47. The lowest BCUT2D eigenvalue weighted by atomic mass is 9.82. The number of hydrogen-bond acceptors (Lipinski definition) is 10. The largest absolute Gasteiger partial charge is 0.488 e. The minimum Gasteiger partial charge on any atom is -0.488 e. The lowest BCUT2D eigenvalue weighted by molar-refractivity contribution is -0.150. The van der Waals surface area contributed by atoms with Gasteiger partial charge in [-0.1, -0.05) is 45.9 Å². The number of aliphatic imine (C=N–C) groups is 1. The van der Waals surface area contributed by atoms with Crippen LogP contribution in [0.5, 0.6) is 5.75 Å². The van der Waals surface area contributed by atoms with Crippen LogP contribution in [0, 0.1) is 23.7 Å². The van der Waals surface area contributed by atoms with Gasteiger partial charge in [0.2, 0.25) is 11.8 Å². The van der Waals surface area contributed by atoms with Crippen molar-refractivity contribution in [1.82, 2.24) is 25.1 Å². The van der Waals surface area contributed by atoms with Gasteiger partial charge in [-0.25, -0.2) is 9.78 Å². The van der Waals surface area contributed by atoms with Crippen LogP contribution in [-0.4, -0.2) is 101 Å². The highest BCUT2D eigenvalue weighted by atomic mass is 16.5. The monoisotopic (exact) mass is 886 g/mol. The number of imidazole rings is 1. The Morgan fingerprint density at radius 1 is 0.877 bits per heavy atom. The Morgan fingerprint density at radius 2 is 1.66 bits per heavy atom. The van der Waals surface area contributed by atoms with Gasteiger partial charge in [0.05, 0.1) is 56.2 Å². The third-order valence-electron chi connectivity index (χ3n) is 14.7. The third-order valence-corrected chi connectivity index (χ3v) is 14.7. The van der Waals surface area contributed by atoms with E-state index in [-0.39, 0.29) is 66.1 Å². The summed E-state index contributed by atoms with van der Waals surface area (Å²) in [7, 11) is 2.69. The van der Waals surface area contributed by atoms with Crippen LogP contribution in [0.1, 0.15) is 103 Å². The molecule has 9 rings (SSSR count). The fourth-order valence-corrected chi connectivity index (χ4v) is 11.2. The van der Waals surface area contributed by atoms with E-state index in [0.717, 1.165) is 100.0 Å². The summed E-state index contributed by atoms with van der Waals surface area (Å²) >= 11 is 0. The summed E-state index contributed by atoms with van der Waals surface area (Å²) in [6.07, 6.45) is 6.74. The fourth-order valence-electron chi connectivity index (χ4n) is 11.2. The number of aromatic nitrogens is 2. The molecule has 0 bridgehead atoms. The molecule has 3 amide bonds. The first-order valence-electron chi connectivity index (χ1n) is 23.5. The molecule has 65 heavy (non-hydrogen) atoms. The number of aromatic amines is 1. The predicted molar refractivity (Wildman–Crippen MR) is 247 cm³/mol. The number of carbonyl (C=O) groups is 4. The van der Waals surface area contributed by atoms with Gasteiger partial charge in [-0.2, -0.15) is 0 Å². The molecule has 14 heteroatoms. The molecule has 344 valence electrons. The van der Waals surface area contributed by atoms with Crippen LogP contribution in [0.3, 0.4) is 0 Å². The van der Waals surface area contributed by atoms with E-state index in [1.807, 2.05) is 31.9 Å². The molecule has 3 fully saturated rings. The molecule has 4 aromatic rings. The molecule has 5 aliphatic rings. The zero-order valence-corrected chi connectivity index (χ0v) is 38.6. The number of hydrogen-bond donors (Lipinski definition) is 2. The molecule has 5 aliphatic heterocycles. The number of benzene rings is 3. The third kappa shape index (κ3) is 8.38. The number of rotatable bonds is 11. The smallest absolute Gasteiger partial charge is 0.407 e. The summed E-state index contributed by atoms with van der Waals surface area (Å²) < 4.78 is 22.1. The van der Waals surface area contributed by atoms with Crippen molar-refractivity contribution in [3.05, 3.63) is 65.6 Å².